The fraction of sp³-hybridized carbons (Fsp3) is 0.538. The molecule has 0 N–H and O–H groups in total. The summed E-state index contributed by atoms with van der Waals surface area (Å²) >= 11 is 9.68. The number of hydrogen-bond donors (Lipinski definition) is 0. The SMILES string of the molecule is CC1CCN(Cc2ccc(F)cc2Br)CC1Cl. The summed E-state index contributed by atoms with van der Waals surface area (Å²) in [6.45, 7) is 5.00. The number of piperidine rings is 1. The molecule has 1 aliphatic rings. The molecule has 0 radical (unpaired) electrons. The van der Waals surface area contributed by atoms with Crippen molar-refractivity contribution in [2.24, 2.45) is 5.92 Å². The van der Waals surface area contributed by atoms with Crippen LogP contribution in [0, 0.1) is 11.7 Å². The van der Waals surface area contributed by atoms with Crippen molar-refractivity contribution in [1.82, 2.24) is 4.90 Å². The smallest absolute Gasteiger partial charge is 0.124 e. The van der Waals surface area contributed by atoms with Crippen LogP contribution in [0.2, 0.25) is 0 Å². The zero-order valence-electron chi connectivity index (χ0n) is 9.80. The van der Waals surface area contributed by atoms with E-state index in [4.69, 9.17) is 11.6 Å². The van der Waals surface area contributed by atoms with Crippen molar-refractivity contribution >= 4 is 27.5 Å². The van der Waals surface area contributed by atoms with Crippen molar-refractivity contribution < 1.29 is 4.39 Å². The summed E-state index contributed by atoms with van der Waals surface area (Å²) in [6, 6.07) is 4.85. The third-order valence-electron chi connectivity index (χ3n) is 3.36. The molecule has 0 aromatic heterocycles. The summed E-state index contributed by atoms with van der Waals surface area (Å²) < 4.78 is 13.8. The summed E-state index contributed by atoms with van der Waals surface area (Å²) in [4.78, 5) is 2.33. The van der Waals surface area contributed by atoms with Crippen molar-refractivity contribution in [3.63, 3.8) is 0 Å². The molecule has 0 spiro atoms. The lowest BCUT2D eigenvalue weighted by molar-refractivity contribution is 0.189. The van der Waals surface area contributed by atoms with Crippen LogP contribution in [0.4, 0.5) is 4.39 Å². The Labute approximate surface area is 115 Å². The van der Waals surface area contributed by atoms with E-state index in [0.717, 1.165) is 36.1 Å². The second-order valence-corrected chi connectivity index (χ2v) is 6.17. The van der Waals surface area contributed by atoms with Gasteiger partial charge < -0.3 is 0 Å². The van der Waals surface area contributed by atoms with E-state index in [-0.39, 0.29) is 11.2 Å². The molecule has 1 fully saturated rings. The van der Waals surface area contributed by atoms with Crippen LogP contribution < -0.4 is 0 Å². The van der Waals surface area contributed by atoms with Crippen molar-refractivity contribution in [2.45, 2.75) is 25.3 Å². The minimum absolute atomic E-state index is 0.205. The highest BCUT2D eigenvalue weighted by Crippen LogP contribution is 2.25. The Bertz CT molecular complexity index is 399. The lowest BCUT2D eigenvalue weighted by Gasteiger charge is -2.34. The molecule has 1 aromatic rings. The molecule has 2 rings (SSSR count). The van der Waals surface area contributed by atoms with Crippen LogP contribution in [0.5, 0.6) is 0 Å². The number of nitrogens with zero attached hydrogens (tertiary/aromatic N) is 1. The molecule has 1 heterocycles. The van der Waals surface area contributed by atoms with Gasteiger partial charge in [0.15, 0.2) is 0 Å². The number of alkyl halides is 1. The minimum Gasteiger partial charge on any atom is -0.298 e. The van der Waals surface area contributed by atoms with Gasteiger partial charge in [0.2, 0.25) is 0 Å². The standard InChI is InChI=1S/C13H16BrClFN/c1-9-4-5-17(8-13(9)15)7-10-2-3-11(16)6-12(10)14/h2-3,6,9,13H,4-5,7-8H2,1H3. The van der Waals surface area contributed by atoms with Gasteiger partial charge >= 0.3 is 0 Å². The van der Waals surface area contributed by atoms with Gasteiger partial charge in [0.25, 0.3) is 0 Å². The van der Waals surface area contributed by atoms with Gasteiger partial charge in [0.1, 0.15) is 5.82 Å². The maximum absolute atomic E-state index is 13.0. The van der Waals surface area contributed by atoms with Gasteiger partial charge in [-0.2, -0.15) is 0 Å². The summed E-state index contributed by atoms with van der Waals surface area (Å²) in [5.74, 6) is 0.382. The summed E-state index contributed by atoms with van der Waals surface area (Å²) in [7, 11) is 0. The van der Waals surface area contributed by atoms with Crippen LogP contribution >= 0.6 is 27.5 Å². The second kappa shape index (κ2) is 5.68. The Morgan fingerprint density at radius 3 is 2.94 bits per heavy atom. The zero-order chi connectivity index (χ0) is 12.4. The van der Waals surface area contributed by atoms with Crippen LogP contribution in [-0.2, 0) is 6.54 Å². The molecule has 1 aromatic carbocycles. The molecule has 94 valence electrons. The van der Waals surface area contributed by atoms with E-state index in [1.54, 1.807) is 0 Å². The monoisotopic (exact) mass is 319 g/mol. The predicted molar refractivity (Wildman–Crippen MR) is 72.8 cm³/mol. The summed E-state index contributed by atoms with van der Waals surface area (Å²) in [5, 5.41) is 0.225. The molecule has 1 aliphatic heterocycles. The van der Waals surface area contributed by atoms with Crippen LogP contribution in [0.1, 0.15) is 18.9 Å². The summed E-state index contributed by atoms with van der Waals surface area (Å²) in [6.07, 6.45) is 1.13. The quantitative estimate of drug-likeness (QED) is 0.744. The summed E-state index contributed by atoms with van der Waals surface area (Å²) in [5.41, 5.74) is 1.12. The van der Waals surface area contributed by atoms with E-state index in [0.29, 0.717) is 5.92 Å². The average molecular weight is 321 g/mol. The van der Waals surface area contributed by atoms with Gasteiger partial charge in [-0.3, -0.25) is 4.90 Å². The fourth-order valence-electron chi connectivity index (χ4n) is 2.12. The zero-order valence-corrected chi connectivity index (χ0v) is 12.1. The molecule has 1 nitrogen and oxygen atoms in total. The first kappa shape index (κ1) is 13.3. The molecule has 0 aliphatic carbocycles. The lowest BCUT2D eigenvalue weighted by Crippen LogP contribution is -2.39. The van der Waals surface area contributed by atoms with Crippen molar-refractivity contribution in [2.75, 3.05) is 13.1 Å². The highest BCUT2D eigenvalue weighted by molar-refractivity contribution is 9.10. The third-order valence-corrected chi connectivity index (χ3v) is 4.67. The Kier molecular flexibility index (Phi) is 4.45. The van der Waals surface area contributed by atoms with E-state index in [1.165, 1.54) is 12.1 Å². The maximum Gasteiger partial charge on any atom is 0.124 e. The van der Waals surface area contributed by atoms with Crippen LogP contribution in [0.3, 0.4) is 0 Å². The highest BCUT2D eigenvalue weighted by Gasteiger charge is 2.24. The molecule has 2 unspecified atom stereocenters. The molecule has 17 heavy (non-hydrogen) atoms. The normalized spacial score (nSPS) is 26.1. The molecule has 0 amide bonds. The predicted octanol–water partition coefficient (Wildman–Crippen LogP) is 4.04. The number of benzene rings is 1. The Morgan fingerprint density at radius 2 is 2.29 bits per heavy atom. The molecular weight excluding hydrogens is 305 g/mol. The third kappa shape index (κ3) is 3.43. The number of rotatable bonds is 2. The molecule has 4 heteroatoms. The number of likely N-dealkylation sites (tertiary alicyclic amines) is 1. The van der Waals surface area contributed by atoms with Gasteiger partial charge in [-0.1, -0.05) is 28.9 Å². The first-order chi connectivity index (χ1) is 8.06. The first-order valence-electron chi connectivity index (χ1n) is 5.86. The van der Waals surface area contributed by atoms with E-state index >= 15 is 0 Å². The first-order valence-corrected chi connectivity index (χ1v) is 7.09. The van der Waals surface area contributed by atoms with Gasteiger partial charge in [-0.05, 0) is 36.6 Å². The van der Waals surface area contributed by atoms with Crippen molar-refractivity contribution in [3.05, 3.63) is 34.1 Å². The molecule has 0 saturated carbocycles. The van der Waals surface area contributed by atoms with Crippen LogP contribution in [0.15, 0.2) is 22.7 Å². The van der Waals surface area contributed by atoms with Crippen LogP contribution in [-0.4, -0.2) is 23.4 Å². The fourth-order valence-corrected chi connectivity index (χ4v) is 2.92. The molecular formula is C13H16BrClFN. The highest BCUT2D eigenvalue weighted by atomic mass is 79.9. The topological polar surface area (TPSA) is 3.24 Å². The molecule has 1 saturated heterocycles. The largest absolute Gasteiger partial charge is 0.298 e. The van der Waals surface area contributed by atoms with E-state index in [2.05, 4.69) is 27.8 Å². The van der Waals surface area contributed by atoms with E-state index < -0.39 is 0 Å². The van der Waals surface area contributed by atoms with Gasteiger partial charge in [0.05, 0.1) is 0 Å². The van der Waals surface area contributed by atoms with Gasteiger partial charge in [0, 0.05) is 22.9 Å². The number of halogens is 3. The number of hydrogen-bond acceptors (Lipinski definition) is 1. The second-order valence-electron chi connectivity index (χ2n) is 4.75. The van der Waals surface area contributed by atoms with Gasteiger partial charge in [-0.15, -0.1) is 11.6 Å². The van der Waals surface area contributed by atoms with E-state index in [1.807, 2.05) is 6.07 Å². The molecule has 0 bridgehead atoms. The van der Waals surface area contributed by atoms with E-state index in [9.17, 15) is 4.39 Å². The van der Waals surface area contributed by atoms with Gasteiger partial charge in [-0.25, -0.2) is 4.39 Å². The average Bonchev–Trinajstić information content (AvgIpc) is 2.27. The Balaban J connectivity index is 2.01. The lowest BCUT2D eigenvalue weighted by atomic mass is 9.98. The Hall–Kier alpha value is -0.120. The van der Waals surface area contributed by atoms with Crippen molar-refractivity contribution in [3.8, 4) is 0 Å². The minimum atomic E-state index is -0.205. The van der Waals surface area contributed by atoms with Crippen molar-refractivity contribution in [1.29, 1.82) is 0 Å². The van der Waals surface area contributed by atoms with Crippen LogP contribution in [0.25, 0.3) is 0 Å². The maximum atomic E-state index is 13.0. The molecule has 2 atom stereocenters. The Morgan fingerprint density at radius 1 is 1.53 bits per heavy atom.